The quantitative estimate of drug-likeness (QED) is 0.444. The molecule has 0 fully saturated rings. The minimum atomic E-state index is 0.716. The highest BCUT2D eigenvalue weighted by Crippen LogP contribution is 1.99. The molecule has 62 valence electrons. The molecule has 0 atom stereocenters. The molecule has 0 rings (SSSR count). The first-order valence-corrected chi connectivity index (χ1v) is 3.93. The zero-order chi connectivity index (χ0) is 8.53. The monoisotopic (exact) mass is 152 g/mol. The Hall–Kier alpha value is -0.980. The zero-order valence-electron chi connectivity index (χ0n) is 7.50. The zero-order valence-corrected chi connectivity index (χ0v) is 7.50. The van der Waals surface area contributed by atoms with Crippen molar-refractivity contribution in [3.05, 3.63) is 36.1 Å². The summed E-state index contributed by atoms with van der Waals surface area (Å²) in [4.78, 5) is 0. The standard InChI is InChI=1S/C10H16O/c1-4-7-9-10(8-5-2)11-6-3/h4-5,7-9H,6H2,1-3H3/b7-4-,8-5-,10-9+. The molecule has 0 aromatic carbocycles. The van der Waals surface area contributed by atoms with Crippen LogP contribution in [0.5, 0.6) is 0 Å². The summed E-state index contributed by atoms with van der Waals surface area (Å²) in [5.74, 6) is 0.910. The number of hydrogen-bond donors (Lipinski definition) is 0. The van der Waals surface area contributed by atoms with Crippen LogP contribution in [0.3, 0.4) is 0 Å². The summed E-state index contributed by atoms with van der Waals surface area (Å²) in [6.07, 6.45) is 9.80. The lowest BCUT2D eigenvalue weighted by atomic mass is 10.4. The Balaban J connectivity index is 4.07. The van der Waals surface area contributed by atoms with Crippen molar-refractivity contribution in [1.29, 1.82) is 0 Å². The fourth-order valence-corrected chi connectivity index (χ4v) is 0.674. The van der Waals surface area contributed by atoms with E-state index in [-0.39, 0.29) is 0 Å². The number of allylic oxidation sites excluding steroid dienone is 5. The molecule has 1 nitrogen and oxygen atoms in total. The van der Waals surface area contributed by atoms with Crippen molar-refractivity contribution >= 4 is 0 Å². The summed E-state index contributed by atoms with van der Waals surface area (Å²) in [5, 5.41) is 0. The van der Waals surface area contributed by atoms with Gasteiger partial charge in [-0.25, -0.2) is 0 Å². The third-order valence-electron chi connectivity index (χ3n) is 1.09. The predicted molar refractivity (Wildman–Crippen MR) is 49.3 cm³/mol. The van der Waals surface area contributed by atoms with Crippen molar-refractivity contribution < 1.29 is 4.74 Å². The third kappa shape index (κ3) is 5.46. The first-order chi connectivity index (χ1) is 5.35. The second-order valence-electron chi connectivity index (χ2n) is 2.03. The van der Waals surface area contributed by atoms with Gasteiger partial charge < -0.3 is 4.74 Å². The van der Waals surface area contributed by atoms with E-state index in [0.717, 1.165) is 5.76 Å². The molecule has 0 heterocycles. The molecule has 0 unspecified atom stereocenters. The lowest BCUT2D eigenvalue weighted by Gasteiger charge is -2.00. The molecule has 0 spiro atoms. The minimum Gasteiger partial charge on any atom is -0.494 e. The fraction of sp³-hybridized carbons (Fsp3) is 0.400. The van der Waals surface area contributed by atoms with Gasteiger partial charge in [0.25, 0.3) is 0 Å². The lowest BCUT2D eigenvalue weighted by molar-refractivity contribution is 0.242. The van der Waals surface area contributed by atoms with Crippen molar-refractivity contribution in [2.75, 3.05) is 6.61 Å². The molecular formula is C10H16O. The van der Waals surface area contributed by atoms with Crippen LogP contribution in [0.25, 0.3) is 0 Å². The molecule has 0 aromatic rings. The van der Waals surface area contributed by atoms with Crippen LogP contribution in [-0.4, -0.2) is 6.61 Å². The average Bonchev–Trinajstić information content (AvgIpc) is 2.01. The molecule has 0 aliphatic rings. The van der Waals surface area contributed by atoms with E-state index in [0.29, 0.717) is 6.61 Å². The Labute approximate surface area is 69.1 Å². The summed E-state index contributed by atoms with van der Waals surface area (Å²) in [5.41, 5.74) is 0. The van der Waals surface area contributed by atoms with Crippen LogP contribution in [0.15, 0.2) is 36.1 Å². The van der Waals surface area contributed by atoms with E-state index in [1.54, 1.807) is 0 Å². The number of hydrogen-bond acceptors (Lipinski definition) is 1. The molecule has 0 amide bonds. The third-order valence-corrected chi connectivity index (χ3v) is 1.09. The Morgan fingerprint density at radius 2 is 2.00 bits per heavy atom. The SMILES string of the molecule is C\C=C/C=C(\C=C/C)OCC. The van der Waals surface area contributed by atoms with E-state index in [9.17, 15) is 0 Å². The van der Waals surface area contributed by atoms with E-state index >= 15 is 0 Å². The van der Waals surface area contributed by atoms with Gasteiger partial charge >= 0.3 is 0 Å². The fourth-order valence-electron chi connectivity index (χ4n) is 0.674. The van der Waals surface area contributed by atoms with Gasteiger partial charge in [-0.1, -0.05) is 18.2 Å². The number of ether oxygens (including phenoxy) is 1. The van der Waals surface area contributed by atoms with E-state index in [1.165, 1.54) is 0 Å². The summed E-state index contributed by atoms with van der Waals surface area (Å²) in [6, 6.07) is 0. The van der Waals surface area contributed by atoms with Gasteiger partial charge in [-0.2, -0.15) is 0 Å². The number of rotatable bonds is 4. The highest BCUT2D eigenvalue weighted by atomic mass is 16.5. The molecule has 0 radical (unpaired) electrons. The van der Waals surface area contributed by atoms with E-state index in [4.69, 9.17) is 4.74 Å². The second kappa shape index (κ2) is 7.13. The predicted octanol–water partition coefficient (Wildman–Crippen LogP) is 3.06. The van der Waals surface area contributed by atoms with Crippen LogP contribution >= 0.6 is 0 Å². The summed E-state index contributed by atoms with van der Waals surface area (Å²) in [6.45, 7) is 6.65. The molecule has 0 bridgehead atoms. The second-order valence-corrected chi connectivity index (χ2v) is 2.03. The van der Waals surface area contributed by atoms with Crippen molar-refractivity contribution in [2.45, 2.75) is 20.8 Å². The topological polar surface area (TPSA) is 9.23 Å². The Morgan fingerprint density at radius 1 is 1.27 bits per heavy atom. The molecular weight excluding hydrogens is 136 g/mol. The highest BCUT2D eigenvalue weighted by molar-refractivity contribution is 5.17. The van der Waals surface area contributed by atoms with Crippen LogP contribution in [0.2, 0.25) is 0 Å². The highest BCUT2D eigenvalue weighted by Gasteiger charge is 1.85. The maximum Gasteiger partial charge on any atom is 0.118 e. The van der Waals surface area contributed by atoms with Gasteiger partial charge in [-0.3, -0.25) is 0 Å². The maximum absolute atomic E-state index is 5.31. The van der Waals surface area contributed by atoms with Crippen LogP contribution in [0.1, 0.15) is 20.8 Å². The largest absolute Gasteiger partial charge is 0.494 e. The Morgan fingerprint density at radius 3 is 2.45 bits per heavy atom. The molecule has 1 heteroatoms. The normalized spacial score (nSPS) is 13.2. The van der Waals surface area contributed by atoms with Crippen molar-refractivity contribution in [2.24, 2.45) is 0 Å². The van der Waals surface area contributed by atoms with Gasteiger partial charge in [0.15, 0.2) is 0 Å². The molecule has 0 aliphatic carbocycles. The van der Waals surface area contributed by atoms with Crippen molar-refractivity contribution in [1.82, 2.24) is 0 Å². The molecule has 11 heavy (non-hydrogen) atoms. The van der Waals surface area contributed by atoms with E-state index in [1.807, 2.05) is 51.2 Å². The van der Waals surface area contributed by atoms with Crippen LogP contribution < -0.4 is 0 Å². The van der Waals surface area contributed by atoms with Gasteiger partial charge in [0.2, 0.25) is 0 Å². The maximum atomic E-state index is 5.31. The smallest absolute Gasteiger partial charge is 0.118 e. The van der Waals surface area contributed by atoms with Gasteiger partial charge in [0.05, 0.1) is 6.61 Å². The Kier molecular flexibility index (Phi) is 6.50. The van der Waals surface area contributed by atoms with Crippen molar-refractivity contribution in [3.8, 4) is 0 Å². The van der Waals surface area contributed by atoms with Gasteiger partial charge in [-0.05, 0) is 32.9 Å². The molecule has 0 saturated carbocycles. The minimum absolute atomic E-state index is 0.716. The van der Waals surface area contributed by atoms with Gasteiger partial charge in [0.1, 0.15) is 5.76 Å². The van der Waals surface area contributed by atoms with Crippen LogP contribution in [-0.2, 0) is 4.74 Å². The van der Waals surface area contributed by atoms with Crippen LogP contribution in [0, 0.1) is 0 Å². The lowest BCUT2D eigenvalue weighted by Crippen LogP contribution is -1.86. The van der Waals surface area contributed by atoms with Gasteiger partial charge in [-0.15, -0.1) is 0 Å². The van der Waals surface area contributed by atoms with Gasteiger partial charge in [0, 0.05) is 0 Å². The average molecular weight is 152 g/mol. The first-order valence-electron chi connectivity index (χ1n) is 3.93. The van der Waals surface area contributed by atoms with E-state index < -0.39 is 0 Å². The summed E-state index contributed by atoms with van der Waals surface area (Å²) in [7, 11) is 0. The molecule has 0 aliphatic heterocycles. The van der Waals surface area contributed by atoms with Crippen LogP contribution in [0.4, 0.5) is 0 Å². The van der Waals surface area contributed by atoms with Crippen molar-refractivity contribution in [3.63, 3.8) is 0 Å². The molecule has 0 aromatic heterocycles. The summed E-state index contributed by atoms with van der Waals surface area (Å²) < 4.78 is 5.31. The Bertz CT molecular complexity index is 164. The molecule has 0 N–H and O–H groups in total. The summed E-state index contributed by atoms with van der Waals surface area (Å²) >= 11 is 0. The van der Waals surface area contributed by atoms with E-state index in [2.05, 4.69) is 0 Å². The first kappa shape index (κ1) is 10.0. The molecule has 0 saturated heterocycles.